The minimum absolute atomic E-state index is 0.101. The highest BCUT2D eigenvalue weighted by Gasteiger charge is 2.18. The van der Waals surface area contributed by atoms with Crippen molar-refractivity contribution in [2.45, 2.75) is 44.4 Å². The number of amides is 1. The second kappa shape index (κ2) is 8.68. The molecular weight excluding hydrogens is 330 g/mol. The van der Waals surface area contributed by atoms with Gasteiger partial charge in [0.2, 0.25) is 5.91 Å². The molecule has 5 heteroatoms. The summed E-state index contributed by atoms with van der Waals surface area (Å²) in [6, 6.07) is 13.5. The Bertz CT molecular complexity index is 796. The second-order valence-corrected chi connectivity index (χ2v) is 7.81. The summed E-state index contributed by atoms with van der Waals surface area (Å²) in [5.41, 5.74) is 3.32. The molecule has 1 aromatic heterocycles. The molecule has 1 aromatic carbocycles. The molecule has 0 aliphatic rings. The van der Waals surface area contributed by atoms with Gasteiger partial charge in [-0.2, -0.15) is 5.26 Å². The van der Waals surface area contributed by atoms with E-state index < -0.39 is 0 Å². The van der Waals surface area contributed by atoms with E-state index in [2.05, 4.69) is 30.2 Å². The van der Waals surface area contributed by atoms with Crippen LogP contribution in [0, 0.1) is 24.2 Å². The van der Waals surface area contributed by atoms with Gasteiger partial charge in [0, 0.05) is 11.4 Å². The molecule has 25 heavy (non-hydrogen) atoms. The Hall–Kier alpha value is -2.32. The predicted octanol–water partition coefficient (Wildman–Crippen LogP) is 4.58. The van der Waals surface area contributed by atoms with Crippen molar-refractivity contribution in [2.75, 3.05) is 5.32 Å². The maximum Gasteiger partial charge on any atom is 0.237 e. The van der Waals surface area contributed by atoms with Gasteiger partial charge in [0.25, 0.3) is 0 Å². The molecule has 2 rings (SSSR count). The molecule has 4 nitrogen and oxygen atoms in total. The van der Waals surface area contributed by atoms with Gasteiger partial charge >= 0.3 is 0 Å². The third-order valence-corrected chi connectivity index (χ3v) is 4.70. The molecule has 0 fully saturated rings. The van der Waals surface area contributed by atoms with Crippen LogP contribution in [-0.4, -0.2) is 16.1 Å². The predicted molar refractivity (Wildman–Crippen MR) is 103 cm³/mol. The highest BCUT2D eigenvalue weighted by Crippen LogP contribution is 2.26. The highest BCUT2D eigenvalue weighted by molar-refractivity contribution is 8.00. The number of thioether (sulfide) groups is 1. The molecular formula is C20H23N3OS. The standard InChI is InChI=1S/C20H23N3OS/c1-13(2)10-18-9-8-16(12-21)20(23-18)25-15(4)19(24)22-17-7-5-6-14(3)11-17/h5-9,11,13,15H,10H2,1-4H3,(H,22,24). The van der Waals surface area contributed by atoms with E-state index in [-0.39, 0.29) is 11.2 Å². The highest BCUT2D eigenvalue weighted by atomic mass is 32.2. The van der Waals surface area contributed by atoms with Gasteiger partial charge in [0.1, 0.15) is 11.1 Å². The number of hydrogen-bond donors (Lipinski definition) is 1. The zero-order chi connectivity index (χ0) is 18.4. The second-order valence-electron chi connectivity index (χ2n) is 6.48. The fourth-order valence-corrected chi connectivity index (χ4v) is 3.28. The van der Waals surface area contributed by atoms with E-state index in [1.54, 1.807) is 6.07 Å². The Labute approximate surface area is 153 Å². The fourth-order valence-electron chi connectivity index (χ4n) is 2.37. The molecule has 0 radical (unpaired) electrons. The Balaban J connectivity index is 2.11. The molecule has 0 saturated heterocycles. The van der Waals surface area contributed by atoms with Crippen LogP contribution in [0.4, 0.5) is 5.69 Å². The van der Waals surface area contributed by atoms with Crippen molar-refractivity contribution in [3.8, 4) is 6.07 Å². The smallest absolute Gasteiger partial charge is 0.237 e. The van der Waals surface area contributed by atoms with E-state index in [0.717, 1.165) is 23.4 Å². The first-order valence-electron chi connectivity index (χ1n) is 8.33. The third kappa shape index (κ3) is 5.61. The minimum Gasteiger partial charge on any atom is -0.325 e. The van der Waals surface area contributed by atoms with Crippen LogP contribution < -0.4 is 5.32 Å². The number of hydrogen-bond acceptors (Lipinski definition) is 4. The Morgan fingerprint density at radius 1 is 1.28 bits per heavy atom. The van der Waals surface area contributed by atoms with Gasteiger partial charge in [-0.1, -0.05) is 37.7 Å². The van der Waals surface area contributed by atoms with E-state index in [9.17, 15) is 10.1 Å². The minimum atomic E-state index is -0.352. The van der Waals surface area contributed by atoms with E-state index in [4.69, 9.17) is 0 Å². The largest absolute Gasteiger partial charge is 0.325 e. The summed E-state index contributed by atoms with van der Waals surface area (Å²) in [5, 5.41) is 12.5. The first kappa shape index (κ1) is 19.0. The molecule has 0 saturated carbocycles. The lowest BCUT2D eigenvalue weighted by atomic mass is 10.1. The Kier molecular flexibility index (Phi) is 6.60. The average molecular weight is 353 g/mol. The van der Waals surface area contributed by atoms with E-state index in [1.807, 2.05) is 44.2 Å². The number of rotatable bonds is 6. The van der Waals surface area contributed by atoms with Crippen LogP contribution in [0.25, 0.3) is 0 Å². The Morgan fingerprint density at radius 3 is 2.68 bits per heavy atom. The van der Waals surface area contributed by atoms with Crippen molar-refractivity contribution < 1.29 is 4.79 Å². The fraction of sp³-hybridized carbons (Fsp3) is 0.350. The van der Waals surface area contributed by atoms with E-state index in [1.165, 1.54) is 11.8 Å². The van der Waals surface area contributed by atoms with Crippen molar-refractivity contribution in [1.82, 2.24) is 4.98 Å². The number of benzene rings is 1. The number of nitriles is 1. The SMILES string of the molecule is Cc1cccc(NC(=O)C(C)Sc2nc(CC(C)C)ccc2C#N)c1. The summed E-state index contributed by atoms with van der Waals surface area (Å²) >= 11 is 1.32. The summed E-state index contributed by atoms with van der Waals surface area (Å²) in [4.78, 5) is 17.0. The summed E-state index contributed by atoms with van der Waals surface area (Å²) < 4.78 is 0. The van der Waals surface area contributed by atoms with Crippen molar-refractivity contribution >= 4 is 23.4 Å². The molecule has 0 aliphatic carbocycles. The molecule has 1 heterocycles. The van der Waals surface area contributed by atoms with Gasteiger partial charge in [-0.3, -0.25) is 4.79 Å². The van der Waals surface area contributed by atoms with Crippen LogP contribution in [0.3, 0.4) is 0 Å². The lowest BCUT2D eigenvalue weighted by Gasteiger charge is -2.14. The molecule has 2 aromatic rings. The summed E-state index contributed by atoms with van der Waals surface area (Å²) in [6.07, 6.45) is 0.850. The monoisotopic (exact) mass is 353 g/mol. The van der Waals surface area contributed by atoms with Gasteiger partial charge in [0.15, 0.2) is 0 Å². The van der Waals surface area contributed by atoms with Crippen LogP contribution in [0.2, 0.25) is 0 Å². The van der Waals surface area contributed by atoms with Crippen LogP contribution in [0.5, 0.6) is 0 Å². The van der Waals surface area contributed by atoms with Gasteiger partial charge in [-0.05, 0) is 56.0 Å². The van der Waals surface area contributed by atoms with Crippen molar-refractivity contribution in [2.24, 2.45) is 5.92 Å². The number of nitrogens with one attached hydrogen (secondary N) is 1. The number of pyridine rings is 1. The number of aromatic nitrogens is 1. The summed E-state index contributed by atoms with van der Waals surface area (Å²) in [7, 11) is 0. The quantitative estimate of drug-likeness (QED) is 0.772. The summed E-state index contributed by atoms with van der Waals surface area (Å²) in [6.45, 7) is 8.07. The van der Waals surface area contributed by atoms with Gasteiger partial charge in [0.05, 0.1) is 10.8 Å². The lowest BCUT2D eigenvalue weighted by molar-refractivity contribution is -0.115. The zero-order valence-corrected chi connectivity index (χ0v) is 15.9. The Morgan fingerprint density at radius 2 is 2.04 bits per heavy atom. The van der Waals surface area contributed by atoms with Gasteiger partial charge in [-0.15, -0.1) is 0 Å². The molecule has 1 atom stereocenters. The topological polar surface area (TPSA) is 65.8 Å². The molecule has 0 spiro atoms. The van der Waals surface area contributed by atoms with Gasteiger partial charge in [-0.25, -0.2) is 4.98 Å². The molecule has 130 valence electrons. The first-order chi connectivity index (χ1) is 11.9. The van der Waals surface area contributed by atoms with Crippen molar-refractivity contribution in [3.63, 3.8) is 0 Å². The molecule has 0 bridgehead atoms. The number of aryl methyl sites for hydroxylation is 1. The van der Waals surface area contributed by atoms with Crippen LogP contribution in [0.15, 0.2) is 41.4 Å². The normalized spacial score (nSPS) is 11.8. The van der Waals surface area contributed by atoms with Crippen molar-refractivity contribution in [3.05, 3.63) is 53.2 Å². The number of anilines is 1. The number of carbonyl (C=O) groups is 1. The van der Waals surface area contributed by atoms with Crippen molar-refractivity contribution in [1.29, 1.82) is 5.26 Å². The maximum atomic E-state index is 12.4. The van der Waals surface area contributed by atoms with Crippen LogP contribution in [-0.2, 0) is 11.2 Å². The number of nitrogens with zero attached hydrogens (tertiary/aromatic N) is 2. The van der Waals surface area contributed by atoms with E-state index >= 15 is 0 Å². The molecule has 0 aliphatic heterocycles. The van der Waals surface area contributed by atoms with Gasteiger partial charge < -0.3 is 5.32 Å². The average Bonchev–Trinajstić information content (AvgIpc) is 2.54. The van der Waals surface area contributed by atoms with Crippen LogP contribution >= 0.6 is 11.8 Å². The van der Waals surface area contributed by atoms with E-state index in [0.29, 0.717) is 16.5 Å². The maximum absolute atomic E-state index is 12.4. The molecule has 1 N–H and O–H groups in total. The van der Waals surface area contributed by atoms with Crippen LogP contribution in [0.1, 0.15) is 37.6 Å². The first-order valence-corrected chi connectivity index (χ1v) is 9.21. The summed E-state index contributed by atoms with van der Waals surface area (Å²) in [5.74, 6) is 0.385. The zero-order valence-electron chi connectivity index (χ0n) is 15.0. The molecule has 1 amide bonds. The molecule has 1 unspecified atom stereocenters. The number of carbonyl (C=O) groups excluding carboxylic acids is 1. The third-order valence-electron chi connectivity index (χ3n) is 3.60. The lowest BCUT2D eigenvalue weighted by Crippen LogP contribution is -2.22.